The van der Waals surface area contributed by atoms with E-state index in [2.05, 4.69) is 5.32 Å². The fraction of sp³-hybridized carbons (Fsp3) is 0.600. The molecule has 0 aliphatic carbocycles. The third-order valence-electron chi connectivity index (χ3n) is 3.73. The Morgan fingerprint density at radius 1 is 1.57 bits per heavy atom. The number of carboxylic acid groups (broad SMARTS) is 1. The van der Waals surface area contributed by atoms with Crippen LogP contribution in [0, 0.1) is 5.92 Å². The number of carbonyl (C=O) groups is 2. The van der Waals surface area contributed by atoms with E-state index in [-0.39, 0.29) is 24.4 Å². The number of hydrogen-bond acceptors (Lipinski definition) is 3. The Hall–Kier alpha value is -1.98. The number of urea groups is 1. The molecule has 2 unspecified atom stereocenters. The number of carboxylic acids is 1. The van der Waals surface area contributed by atoms with E-state index in [4.69, 9.17) is 9.52 Å². The molecule has 2 heterocycles. The van der Waals surface area contributed by atoms with Gasteiger partial charge in [0.25, 0.3) is 0 Å². The fourth-order valence-electron chi connectivity index (χ4n) is 2.75. The third-order valence-corrected chi connectivity index (χ3v) is 3.73. The summed E-state index contributed by atoms with van der Waals surface area (Å²) < 4.78 is 5.26. The molecule has 0 bridgehead atoms. The predicted octanol–water partition coefficient (Wildman–Crippen LogP) is 2.11. The van der Waals surface area contributed by atoms with Gasteiger partial charge in [0.15, 0.2) is 0 Å². The number of hydrogen-bond donors (Lipinski definition) is 2. The molecule has 1 aliphatic rings. The number of amides is 2. The van der Waals surface area contributed by atoms with Gasteiger partial charge in [-0.25, -0.2) is 4.79 Å². The molecule has 0 radical (unpaired) electrons. The SMILES string of the molecule is CC(Cc1ccco1)NC(=O)N1CCCC(CC(=O)O)C1. The highest BCUT2D eigenvalue weighted by Crippen LogP contribution is 2.19. The zero-order chi connectivity index (χ0) is 15.2. The molecule has 0 aromatic carbocycles. The van der Waals surface area contributed by atoms with Crippen LogP contribution in [0.2, 0.25) is 0 Å². The maximum absolute atomic E-state index is 12.2. The molecule has 1 aliphatic heterocycles. The molecule has 2 N–H and O–H groups in total. The van der Waals surface area contributed by atoms with E-state index in [1.165, 1.54) is 0 Å². The van der Waals surface area contributed by atoms with Crippen LogP contribution in [0.3, 0.4) is 0 Å². The topological polar surface area (TPSA) is 82.8 Å². The third kappa shape index (κ3) is 4.81. The number of furan rings is 1. The summed E-state index contributed by atoms with van der Waals surface area (Å²) in [6.45, 7) is 3.14. The van der Waals surface area contributed by atoms with Crippen LogP contribution in [-0.4, -0.2) is 41.1 Å². The number of nitrogens with one attached hydrogen (secondary N) is 1. The Bertz CT molecular complexity index is 472. The maximum Gasteiger partial charge on any atom is 0.317 e. The minimum absolute atomic E-state index is 0.0245. The Kier molecular flexibility index (Phi) is 5.25. The smallest absolute Gasteiger partial charge is 0.317 e. The monoisotopic (exact) mass is 294 g/mol. The Morgan fingerprint density at radius 3 is 3.05 bits per heavy atom. The number of likely N-dealkylation sites (tertiary alicyclic amines) is 1. The van der Waals surface area contributed by atoms with E-state index in [1.807, 2.05) is 19.1 Å². The zero-order valence-corrected chi connectivity index (χ0v) is 12.2. The summed E-state index contributed by atoms with van der Waals surface area (Å²) in [7, 11) is 0. The lowest BCUT2D eigenvalue weighted by molar-refractivity contribution is -0.138. The highest BCUT2D eigenvalue weighted by atomic mass is 16.4. The first-order valence-electron chi connectivity index (χ1n) is 7.34. The Balaban J connectivity index is 1.80. The highest BCUT2D eigenvalue weighted by molar-refractivity contribution is 5.74. The van der Waals surface area contributed by atoms with Gasteiger partial charge in [0.05, 0.1) is 6.26 Å². The van der Waals surface area contributed by atoms with Crippen molar-refractivity contribution in [1.82, 2.24) is 10.2 Å². The molecule has 2 atom stereocenters. The molecule has 6 heteroatoms. The molecule has 2 rings (SSSR count). The first-order chi connectivity index (χ1) is 10.0. The summed E-state index contributed by atoms with van der Waals surface area (Å²) in [4.78, 5) is 24.7. The van der Waals surface area contributed by atoms with Gasteiger partial charge in [0, 0.05) is 32.0 Å². The number of piperidine rings is 1. The standard InChI is InChI=1S/C15H22N2O4/c1-11(8-13-5-3-7-21-13)16-15(20)17-6-2-4-12(10-17)9-14(18)19/h3,5,7,11-12H,2,4,6,8-10H2,1H3,(H,16,20)(H,18,19). The summed E-state index contributed by atoms with van der Waals surface area (Å²) in [6, 6.07) is 3.56. The molecule has 0 spiro atoms. The lowest BCUT2D eigenvalue weighted by Gasteiger charge is -2.33. The molecule has 21 heavy (non-hydrogen) atoms. The molecular formula is C15H22N2O4. The second-order valence-corrected chi connectivity index (χ2v) is 5.69. The van der Waals surface area contributed by atoms with E-state index in [9.17, 15) is 9.59 Å². The lowest BCUT2D eigenvalue weighted by Crippen LogP contribution is -2.48. The van der Waals surface area contributed by atoms with Gasteiger partial charge >= 0.3 is 12.0 Å². The second kappa shape index (κ2) is 7.15. The van der Waals surface area contributed by atoms with E-state index < -0.39 is 5.97 Å². The predicted molar refractivity (Wildman–Crippen MR) is 77.0 cm³/mol. The minimum atomic E-state index is -0.798. The summed E-state index contributed by atoms with van der Waals surface area (Å²) in [5.74, 6) is 0.0982. The van der Waals surface area contributed by atoms with Gasteiger partial charge < -0.3 is 19.7 Å². The number of carbonyl (C=O) groups excluding carboxylic acids is 1. The van der Waals surface area contributed by atoms with E-state index in [0.29, 0.717) is 19.5 Å². The molecular weight excluding hydrogens is 272 g/mol. The van der Waals surface area contributed by atoms with Crippen molar-refractivity contribution in [1.29, 1.82) is 0 Å². The van der Waals surface area contributed by atoms with Crippen molar-refractivity contribution in [3.8, 4) is 0 Å². The lowest BCUT2D eigenvalue weighted by atomic mass is 9.95. The van der Waals surface area contributed by atoms with Crippen LogP contribution in [-0.2, 0) is 11.2 Å². The molecule has 1 saturated heterocycles. The summed E-state index contributed by atoms with van der Waals surface area (Å²) in [5.41, 5.74) is 0. The van der Waals surface area contributed by atoms with Gasteiger partial charge in [-0.1, -0.05) is 0 Å². The van der Waals surface area contributed by atoms with Crippen LogP contribution in [0.4, 0.5) is 4.79 Å². The quantitative estimate of drug-likeness (QED) is 0.871. The minimum Gasteiger partial charge on any atom is -0.481 e. The first kappa shape index (κ1) is 15.4. The highest BCUT2D eigenvalue weighted by Gasteiger charge is 2.25. The van der Waals surface area contributed by atoms with Crippen molar-refractivity contribution < 1.29 is 19.1 Å². The summed E-state index contributed by atoms with van der Waals surface area (Å²) in [6.07, 6.45) is 4.12. The van der Waals surface area contributed by atoms with Crippen LogP contribution >= 0.6 is 0 Å². The van der Waals surface area contributed by atoms with Crippen LogP contribution < -0.4 is 5.32 Å². The molecule has 116 valence electrons. The molecule has 6 nitrogen and oxygen atoms in total. The zero-order valence-electron chi connectivity index (χ0n) is 12.2. The maximum atomic E-state index is 12.2. The van der Waals surface area contributed by atoms with E-state index in [1.54, 1.807) is 11.2 Å². The fourth-order valence-corrected chi connectivity index (χ4v) is 2.75. The molecule has 1 aromatic heterocycles. The molecule has 2 amide bonds. The number of nitrogens with zero attached hydrogens (tertiary/aromatic N) is 1. The molecule has 1 aromatic rings. The van der Waals surface area contributed by atoms with Crippen LogP contribution in [0.5, 0.6) is 0 Å². The van der Waals surface area contributed by atoms with Gasteiger partial charge in [0.2, 0.25) is 0 Å². The summed E-state index contributed by atoms with van der Waals surface area (Å²) in [5, 5.41) is 11.8. The van der Waals surface area contributed by atoms with Gasteiger partial charge in [0.1, 0.15) is 5.76 Å². The normalized spacial score (nSPS) is 20.0. The van der Waals surface area contributed by atoms with Crippen LogP contribution in [0.1, 0.15) is 31.9 Å². The average Bonchev–Trinajstić information content (AvgIpc) is 2.90. The molecule has 0 saturated carbocycles. The molecule has 1 fully saturated rings. The Morgan fingerprint density at radius 2 is 2.38 bits per heavy atom. The van der Waals surface area contributed by atoms with Crippen molar-refractivity contribution >= 4 is 12.0 Å². The van der Waals surface area contributed by atoms with Crippen molar-refractivity contribution in [3.63, 3.8) is 0 Å². The van der Waals surface area contributed by atoms with Gasteiger partial charge in [-0.05, 0) is 37.8 Å². The van der Waals surface area contributed by atoms with Crippen molar-refractivity contribution in [2.45, 2.75) is 38.6 Å². The summed E-state index contributed by atoms with van der Waals surface area (Å²) >= 11 is 0. The van der Waals surface area contributed by atoms with Gasteiger partial charge in [-0.3, -0.25) is 4.79 Å². The van der Waals surface area contributed by atoms with Crippen LogP contribution in [0.25, 0.3) is 0 Å². The van der Waals surface area contributed by atoms with Crippen molar-refractivity contribution in [2.24, 2.45) is 5.92 Å². The van der Waals surface area contributed by atoms with E-state index >= 15 is 0 Å². The Labute approximate surface area is 124 Å². The number of rotatable bonds is 5. The second-order valence-electron chi connectivity index (χ2n) is 5.69. The average molecular weight is 294 g/mol. The van der Waals surface area contributed by atoms with Crippen LogP contribution in [0.15, 0.2) is 22.8 Å². The van der Waals surface area contributed by atoms with E-state index in [0.717, 1.165) is 18.6 Å². The van der Waals surface area contributed by atoms with Crippen molar-refractivity contribution in [3.05, 3.63) is 24.2 Å². The van der Waals surface area contributed by atoms with Gasteiger partial charge in [-0.15, -0.1) is 0 Å². The first-order valence-corrected chi connectivity index (χ1v) is 7.34. The number of aliphatic carboxylic acids is 1. The largest absolute Gasteiger partial charge is 0.481 e. The van der Waals surface area contributed by atoms with Crippen molar-refractivity contribution in [2.75, 3.05) is 13.1 Å². The van der Waals surface area contributed by atoms with Gasteiger partial charge in [-0.2, -0.15) is 0 Å².